The van der Waals surface area contributed by atoms with Crippen molar-refractivity contribution >= 4 is 5.91 Å². The van der Waals surface area contributed by atoms with Crippen molar-refractivity contribution in [2.45, 2.75) is 37.9 Å². The molecule has 5 nitrogen and oxygen atoms in total. The van der Waals surface area contributed by atoms with Crippen LogP contribution in [0.25, 0.3) is 0 Å². The van der Waals surface area contributed by atoms with Gasteiger partial charge in [0.1, 0.15) is 6.10 Å². The minimum Gasteiger partial charge on any atom is -0.394 e. The highest BCUT2D eigenvalue weighted by Gasteiger charge is 2.30. The van der Waals surface area contributed by atoms with Crippen molar-refractivity contribution < 1.29 is 19.4 Å². The summed E-state index contributed by atoms with van der Waals surface area (Å²) in [5, 5.41) is 8.67. The summed E-state index contributed by atoms with van der Waals surface area (Å²) in [7, 11) is 0. The van der Waals surface area contributed by atoms with E-state index in [-0.39, 0.29) is 24.7 Å². The quantitative estimate of drug-likeness (QED) is 0.764. The normalized spacial score (nSPS) is 26.4. The Hall–Kier alpha value is -0.650. The van der Waals surface area contributed by atoms with Crippen LogP contribution in [0.15, 0.2) is 0 Å². The molecule has 2 heterocycles. The SMILES string of the molecule is O=C([C@@H]1CCCO1)N1CCC(OCCO)CC1. The van der Waals surface area contributed by atoms with Crippen LogP contribution in [0, 0.1) is 0 Å². The second-order valence-corrected chi connectivity index (χ2v) is 4.62. The van der Waals surface area contributed by atoms with Crippen molar-refractivity contribution in [3.63, 3.8) is 0 Å². The Balaban J connectivity index is 1.72. The van der Waals surface area contributed by atoms with Crippen LogP contribution in [0.3, 0.4) is 0 Å². The lowest BCUT2D eigenvalue weighted by molar-refractivity contribution is -0.143. The average molecular weight is 243 g/mol. The molecule has 98 valence electrons. The Bertz CT molecular complexity index is 245. The van der Waals surface area contributed by atoms with Crippen LogP contribution in [-0.2, 0) is 14.3 Å². The van der Waals surface area contributed by atoms with Gasteiger partial charge in [-0.15, -0.1) is 0 Å². The zero-order chi connectivity index (χ0) is 12.1. The molecule has 1 atom stereocenters. The van der Waals surface area contributed by atoms with Gasteiger partial charge in [0.25, 0.3) is 5.91 Å². The summed E-state index contributed by atoms with van der Waals surface area (Å²) in [5.74, 6) is 0.142. The van der Waals surface area contributed by atoms with Gasteiger partial charge in [0, 0.05) is 19.7 Å². The molecule has 1 amide bonds. The first kappa shape index (κ1) is 12.8. The molecule has 1 N–H and O–H groups in total. The first-order chi connectivity index (χ1) is 8.31. The molecule has 5 heteroatoms. The molecule has 2 aliphatic heterocycles. The molecule has 0 bridgehead atoms. The molecule has 17 heavy (non-hydrogen) atoms. The lowest BCUT2D eigenvalue weighted by atomic mass is 10.1. The molecule has 0 saturated carbocycles. The number of nitrogens with zero attached hydrogens (tertiary/aromatic N) is 1. The van der Waals surface area contributed by atoms with Crippen LogP contribution in [0.2, 0.25) is 0 Å². The lowest BCUT2D eigenvalue weighted by Gasteiger charge is -2.33. The number of piperidine rings is 1. The van der Waals surface area contributed by atoms with E-state index in [1.807, 2.05) is 4.90 Å². The smallest absolute Gasteiger partial charge is 0.251 e. The van der Waals surface area contributed by atoms with Gasteiger partial charge in [0.15, 0.2) is 0 Å². The van der Waals surface area contributed by atoms with Gasteiger partial charge < -0.3 is 19.5 Å². The third-order valence-electron chi connectivity index (χ3n) is 3.40. The highest BCUT2D eigenvalue weighted by atomic mass is 16.5. The molecule has 2 saturated heterocycles. The van der Waals surface area contributed by atoms with Crippen molar-refractivity contribution in [1.82, 2.24) is 4.90 Å². The Morgan fingerprint density at radius 2 is 2.12 bits per heavy atom. The molecule has 2 fully saturated rings. The summed E-state index contributed by atoms with van der Waals surface area (Å²) >= 11 is 0. The zero-order valence-corrected chi connectivity index (χ0v) is 10.1. The van der Waals surface area contributed by atoms with E-state index in [1.54, 1.807) is 0 Å². The van der Waals surface area contributed by atoms with E-state index < -0.39 is 0 Å². The summed E-state index contributed by atoms with van der Waals surface area (Å²) in [6, 6.07) is 0. The maximum atomic E-state index is 12.0. The molecule has 0 spiro atoms. The predicted octanol–water partition coefficient (Wildman–Crippen LogP) is 0.165. The lowest BCUT2D eigenvalue weighted by Crippen LogP contribution is -2.45. The van der Waals surface area contributed by atoms with E-state index in [0.717, 1.165) is 38.8 Å². The zero-order valence-electron chi connectivity index (χ0n) is 10.1. The number of carbonyl (C=O) groups excluding carboxylic acids is 1. The van der Waals surface area contributed by atoms with Crippen molar-refractivity contribution in [1.29, 1.82) is 0 Å². The van der Waals surface area contributed by atoms with E-state index in [1.165, 1.54) is 0 Å². The minimum absolute atomic E-state index is 0.0645. The van der Waals surface area contributed by atoms with E-state index in [2.05, 4.69) is 0 Å². The molecule has 0 aromatic heterocycles. The van der Waals surface area contributed by atoms with Gasteiger partial charge in [-0.25, -0.2) is 0 Å². The fourth-order valence-electron chi connectivity index (χ4n) is 2.44. The van der Waals surface area contributed by atoms with Crippen LogP contribution < -0.4 is 0 Å². The van der Waals surface area contributed by atoms with Gasteiger partial charge in [-0.3, -0.25) is 4.79 Å². The van der Waals surface area contributed by atoms with Crippen LogP contribution in [0.1, 0.15) is 25.7 Å². The second-order valence-electron chi connectivity index (χ2n) is 4.62. The minimum atomic E-state index is -0.204. The fourth-order valence-corrected chi connectivity index (χ4v) is 2.44. The molecule has 2 aliphatic rings. The standard InChI is InChI=1S/C12H21NO4/c14-7-9-16-10-3-5-13(6-4-10)12(15)11-2-1-8-17-11/h10-11,14H,1-9H2/t11-/m0/s1. The topological polar surface area (TPSA) is 59.0 Å². The molecule has 0 unspecified atom stereocenters. The predicted molar refractivity (Wildman–Crippen MR) is 61.6 cm³/mol. The first-order valence-corrected chi connectivity index (χ1v) is 6.44. The van der Waals surface area contributed by atoms with E-state index in [4.69, 9.17) is 14.6 Å². The van der Waals surface area contributed by atoms with Gasteiger partial charge in [0.05, 0.1) is 19.3 Å². The number of hydrogen-bond acceptors (Lipinski definition) is 4. The largest absolute Gasteiger partial charge is 0.394 e. The second kappa shape index (κ2) is 6.33. The fraction of sp³-hybridized carbons (Fsp3) is 0.917. The van der Waals surface area contributed by atoms with Crippen molar-refractivity contribution in [3.05, 3.63) is 0 Å². The molecule has 0 aliphatic carbocycles. The van der Waals surface area contributed by atoms with E-state index in [0.29, 0.717) is 13.2 Å². The Labute approximate surface area is 102 Å². The van der Waals surface area contributed by atoms with Crippen LogP contribution >= 0.6 is 0 Å². The number of likely N-dealkylation sites (tertiary alicyclic amines) is 1. The highest BCUT2D eigenvalue weighted by Crippen LogP contribution is 2.19. The Morgan fingerprint density at radius 3 is 2.71 bits per heavy atom. The summed E-state index contributed by atoms with van der Waals surface area (Å²) in [6.07, 6.45) is 3.56. The number of aliphatic hydroxyl groups is 1. The molecular formula is C12H21NO4. The van der Waals surface area contributed by atoms with Gasteiger partial charge in [0.2, 0.25) is 0 Å². The summed E-state index contributed by atoms with van der Waals surface area (Å²) in [6.45, 7) is 2.66. The molecule has 0 radical (unpaired) electrons. The number of carbonyl (C=O) groups is 1. The molecular weight excluding hydrogens is 222 g/mol. The van der Waals surface area contributed by atoms with Crippen LogP contribution in [0.5, 0.6) is 0 Å². The molecule has 0 aromatic rings. The van der Waals surface area contributed by atoms with Crippen LogP contribution in [0.4, 0.5) is 0 Å². The van der Waals surface area contributed by atoms with E-state index >= 15 is 0 Å². The third-order valence-corrected chi connectivity index (χ3v) is 3.40. The first-order valence-electron chi connectivity index (χ1n) is 6.44. The summed E-state index contributed by atoms with van der Waals surface area (Å²) < 4.78 is 10.9. The maximum Gasteiger partial charge on any atom is 0.251 e. The van der Waals surface area contributed by atoms with Gasteiger partial charge >= 0.3 is 0 Å². The number of aliphatic hydroxyl groups excluding tert-OH is 1. The average Bonchev–Trinajstić information content (AvgIpc) is 2.90. The number of amides is 1. The van der Waals surface area contributed by atoms with Crippen molar-refractivity contribution in [3.8, 4) is 0 Å². The Morgan fingerprint density at radius 1 is 1.35 bits per heavy atom. The van der Waals surface area contributed by atoms with E-state index in [9.17, 15) is 4.79 Å². The van der Waals surface area contributed by atoms with Crippen molar-refractivity contribution in [2.75, 3.05) is 32.9 Å². The summed E-state index contributed by atoms with van der Waals surface area (Å²) in [5.41, 5.74) is 0. The highest BCUT2D eigenvalue weighted by molar-refractivity contribution is 5.81. The van der Waals surface area contributed by atoms with Gasteiger partial charge in [-0.1, -0.05) is 0 Å². The monoisotopic (exact) mass is 243 g/mol. The summed E-state index contributed by atoms with van der Waals surface area (Å²) in [4.78, 5) is 13.9. The third kappa shape index (κ3) is 3.40. The van der Waals surface area contributed by atoms with Crippen molar-refractivity contribution in [2.24, 2.45) is 0 Å². The molecule has 0 aromatic carbocycles. The number of hydrogen-bond donors (Lipinski definition) is 1. The maximum absolute atomic E-state index is 12.0. The molecule has 2 rings (SSSR count). The Kier molecular flexibility index (Phi) is 4.76. The number of rotatable bonds is 4. The van der Waals surface area contributed by atoms with Crippen LogP contribution in [-0.4, -0.2) is 61.0 Å². The number of ether oxygens (including phenoxy) is 2. The van der Waals surface area contributed by atoms with Gasteiger partial charge in [-0.2, -0.15) is 0 Å². The van der Waals surface area contributed by atoms with Gasteiger partial charge in [-0.05, 0) is 25.7 Å².